The summed E-state index contributed by atoms with van der Waals surface area (Å²) in [6.45, 7) is 2.29. The van der Waals surface area contributed by atoms with Gasteiger partial charge in [0.15, 0.2) is 5.75 Å². The topological polar surface area (TPSA) is 93.4 Å². The first kappa shape index (κ1) is 19.0. The summed E-state index contributed by atoms with van der Waals surface area (Å²) < 4.78 is 33.3. The molecule has 1 aliphatic heterocycles. The van der Waals surface area contributed by atoms with Crippen LogP contribution < -0.4 is 15.8 Å². The molecule has 1 fully saturated rings. The van der Waals surface area contributed by atoms with Crippen LogP contribution in [0.15, 0.2) is 42.7 Å². The van der Waals surface area contributed by atoms with Crippen molar-refractivity contribution in [3.8, 4) is 5.75 Å². The molecule has 1 amide bonds. The maximum absolute atomic E-state index is 14.5. The fourth-order valence-electron chi connectivity index (χ4n) is 3.36. The summed E-state index contributed by atoms with van der Waals surface area (Å²) in [7, 11) is 0. The van der Waals surface area contributed by atoms with Gasteiger partial charge in [0.1, 0.15) is 29.3 Å². The Balaban J connectivity index is 1.72. The van der Waals surface area contributed by atoms with Crippen LogP contribution in [0.3, 0.4) is 0 Å². The van der Waals surface area contributed by atoms with Crippen molar-refractivity contribution in [2.45, 2.75) is 12.5 Å². The second-order valence-electron chi connectivity index (χ2n) is 6.81. The summed E-state index contributed by atoms with van der Waals surface area (Å²) in [5, 5.41) is 3.78. The van der Waals surface area contributed by atoms with E-state index in [0.717, 1.165) is 31.6 Å². The summed E-state index contributed by atoms with van der Waals surface area (Å²) in [4.78, 5) is 21.7. The number of anilines is 1. The molecule has 3 N–H and O–H groups in total. The van der Waals surface area contributed by atoms with Crippen LogP contribution in [0.1, 0.15) is 18.0 Å². The van der Waals surface area contributed by atoms with Crippen LogP contribution in [0.5, 0.6) is 5.75 Å². The van der Waals surface area contributed by atoms with Gasteiger partial charge in [0.05, 0.1) is 6.04 Å². The molecule has 1 saturated heterocycles. The molecule has 0 radical (unpaired) electrons. The second kappa shape index (κ2) is 7.96. The molecule has 4 rings (SSSR count). The van der Waals surface area contributed by atoms with Crippen molar-refractivity contribution in [2.24, 2.45) is 5.73 Å². The van der Waals surface area contributed by atoms with Gasteiger partial charge in [0.25, 0.3) is 0 Å². The predicted octanol–water partition coefficient (Wildman–Crippen LogP) is 3.22. The number of hydrogen-bond donors (Lipinski definition) is 2. The van der Waals surface area contributed by atoms with Gasteiger partial charge in [-0.2, -0.15) is 0 Å². The quantitative estimate of drug-likeness (QED) is 0.661. The molecule has 7 nitrogen and oxygen atoms in total. The van der Waals surface area contributed by atoms with Crippen molar-refractivity contribution >= 4 is 22.8 Å². The van der Waals surface area contributed by atoms with E-state index in [0.29, 0.717) is 23.3 Å². The Morgan fingerprint density at radius 2 is 2.07 bits per heavy atom. The Morgan fingerprint density at radius 1 is 1.24 bits per heavy atom. The summed E-state index contributed by atoms with van der Waals surface area (Å²) in [5.74, 6) is -0.405. The third kappa shape index (κ3) is 4.09. The normalized spacial score (nSPS) is 15.0. The molecular formula is C20H19F2N5O2. The lowest BCUT2D eigenvalue weighted by molar-refractivity contribution is 0.173. The van der Waals surface area contributed by atoms with Gasteiger partial charge < -0.3 is 20.7 Å². The number of benzene rings is 2. The largest absolute Gasteiger partial charge is 0.410 e. The highest BCUT2D eigenvalue weighted by atomic mass is 19.1. The van der Waals surface area contributed by atoms with Gasteiger partial charge in [-0.25, -0.2) is 23.5 Å². The molecule has 0 spiro atoms. The first-order chi connectivity index (χ1) is 14.0. The first-order valence-electron chi connectivity index (χ1n) is 9.16. The number of nitrogens with two attached hydrogens (primary N) is 1. The third-order valence-corrected chi connectivity index (χ3v) is 4.87. The molecule has 2 aromatic carbocycles. The molecule has 2 heterocycles. The maximum atomic E-state index is 14.5. The van der Waals surface area contributed by atoms with E-state index in [1.807, 2.05) is 0 Å². The monoisotopic (exact) mass is 399 g/mol. The van der Waals surface area contributed by atoms with Crippen molar-refractivity contribution < 1.29 is 18.3 Å². The standard InChI is InChI=1S/C20H19F2N5O2/c21-12-5-6-15(22)14(9-12)16(10-27-7-2-8-27)26-19-13-3-1-4-17(29-20(23)28)18(13)24-11-25-19/h1,3-6,9,11,16H,2,7-8,10H2,(H2,23,28)(H,24,25,26)/t16-/m1/s1. The Bertz CT molecular complexity index is 1060. The molecule has 0 aliphatic carbocycles. The van der Waals surface area contributed by atoms with Crippen molar-refractivity contribution in [3.05, 3.63) is 59.9 Å². The van der Waals surface area contributed by atoms with Crippen molar-refractivity contribution in [1.82, 2.24) is 14.9 Å². The molecule has 0 unspecified atom stereocenters. The van der Waals surface area contributed by atoms with Crippen molar-refractivity contribution in [2.75, 3.05) is 25.0 Å². The summed E-state index contributed by atoms with van der Waals surface area (Å²) in [6.07, 6.45) is 1.42. The van der Waals surface area contributed by atoms with Crippen molar-refractivity contribution in [3.63, 3.8) is 0 Å². The average Bonchev–Trinajstić information content (AvgIpc) is 2.66. The Morgan fingerprint density at radius 3 is 2.79 bits per heavy atom. The fourth-order valence-corrected chi connectivity index (χ4v) is 3.36. The van der Waals surface area contributed by atoms with Crippen LogP contribution in [0.2, 0.25) is 0 Å². The SMILES string of the molecule is NC(=O)Oc1cccc2c(N[C@H](CN3CCC3)c3cc(F)ccc3F)ncnc12. The van der Waals surface area contributed by atoms with E-state index < -0.39 is 23.8 Å². The minimum absolute atomic E-state index is 0.191. The highest BCUT2D eigenvalue weighted by Crippen LogP contribution is 2.31. The Hall–Kier alpha value is -3.33. The number of amides is 1. The minimum Gasteiger partial charge on any atom is -0.408 e. The molecule has 1 aliphatic rings. The molecule has 0 saturated carbocycles. The lowest BCUT2D eigenvalue weighted by Crippen LogP contribution is -2.41. The number of carbonyl (C=O) groups is 1. The lowest BCUT2D eigenvalue weighted by Gasteiger charge is -2.35. The number of rotatable bonds is 6. The molecule has 150 valence electrons. The summed E-state index contributed by atoms with van der Waals surface area (Å²) >= 11 is 0. The number of hydrogen-bond acceptors (Lipinski definition) is 6. The molecule has 3 aromatic rings. The molecule has 9 heteroatoms. The maximum Gasteiger partial charge on any atom is 0.410 e. The molecule has 1 aromatic heterocycles. The van der Waals surface area contributed by atoms with E-state index in [1.165, 1.54) is 12.4 Å². The van der Waals surface area contributed by atoms with E-state index in [2.05, 4.69) is 20.2 Å². The van der Waals surface area contributed by atoms with E-state index in [-0.39, 0.29) is 11.3 Å². The minimum atomic E-state index is -0.955. The summed E-state index contributed by atoms with van der Waals surface area (Å²) in [6, 6.07) is 7.84. The average molecular weight is 399 g/mol. The van der Waals surface area contributed by atoms with E-state index in [4.69, 9.17) is 10.5 Å². The number of fused-ring (bicyclic) bond motifs is 1. The van der Waals surface area contributed by atoms with Crippen LogP contribution in [0.25, 0.3) is 10.9 Å². The number of nitrogens with zero attached hydrogens (tertiary/aromatic N) is 3. The Labute approximate surface area is 165 Å². The predicted molar refractivity (Wildman–Crippen MR) is 104 cm³/mol. The highest BCUT2D eigenvalue weighted by Gasteiger charge is 2.24. The lowest BCUT2D eigenvalue weighted by atomic mass is 10.0. The molecule has 1 atom stereocenters. The number of para-hydroxylation sites is 1. The number of carbonyl (C=O) groups excluding carboxylic acids is 1. The number of likely N-dealkylation sites (tertiary alicyclic amines) is 1. The van der Waals surface area contributed by atoms with Crippen LogP contribution >= 0.6 is 0 Å². The van der Waals surface area contributed by atoms with E-state index >= 15 is 0 Å². The fraction of sp³-hybridized carbons (Fsp3) is 0.250. The zero-order valence-corrected chi connectivity index (χ0v) is 15.4. The molecule has 29 heavy (non-hydrogen) atoms. The number of halogens is 2. The zero-order chi connectivity index (χ0) is 20.4. The highest BCUT2D eigenvalue weighted by molar-refractivity contribution is 5.94. The van der Waals surface area contributed by atoms with Crippen LogP contribution in [0.4, 0.5) is 19.4 Å². The first-order valence-corrected chi connectivity index (χ1v) is 9.16. The van der Waals surface area contributed by atoms with E-state index in [1.54, 1.807) is 18.2 Å². The van der Waals surface area contributed by atoms with Crippen LogP contribution in [0, 0.1) is 11.6 Å². The number of primary amides is 1. The molecule has 0 bridgehead atoms. The Kier molecular flexibility index (Phi) is 5.22. The molecular weight excluding hydrogens is 380 g/mol. The van der Waals surface area contributed by atoms with E-state index in [9.17, 15) is 13.6 Å². The van der Waals surface area contributed by atoms with Gasteiger partial charge in [-0.15, -0.1) is 0 Å². The van der Waals surface area contributed by atoms with Gasteiger partial charge >= 0.3 is 6.09 Å². The van der Waals surface area contributed by atoms with Crippen molar-refractivity contribution in [1.29, 1.82) is 0 Å². The van der Waals surface area contributed by atoms with Gasteiger partial charge in [-0.05, 0) is 49.8 Å². The van der Waals surface area contributed by atoms with Crippen LogP contribution in [-0.2, 0) is 0 Å². The van der Waals surface area contributed by atoms with Gasteiger partial charge in [0.2, 0.25) is 0 Å². The van der Waals surface area contributed by atoms with Gasteiger partial charge in [-0.1, -0.05) is 6.07 Å². The number of aromatic nitrogens is 2. The van der Waals surface area contributed by atoms with Gasteiger partial charge in [0, 0.05) is 17.5 Å². The number of nitrogens with one attached hydrogen (secondary N) is 1. The second-order valence-corrected chi connectivity index (χ2v) is 6.81. The van der Waals surface area contributed by atoms with Gasteiger partial charge in [-0.3, -0.25) is 0 Å². The third-order valence-electron chi connectivity index (χ3n) is 4.87. The summed E-state index contributed by atoms with van der Waals surface area (Å²) in [5.41, 5.74) is 5.71. The van der Waals surface area contributed by atoms with Crippen LogP contribution in [-0.4, -0.2) is 40.6 Å². The number of ether oxygens (including phenoxy) is 1. The zero-order valence-electron chi connectivity index (χ0n) is 15.4. The smallest absolute Gasteiger partial charge is 0.408 e.